The third-order valence-corrected chi connectivity index (χ3v) is 5.86. The van der Waals surface area contributed by atoms with Crippen LogP contribution in [0, 0.1) is 12.8 Å². The maximum Gasteiger partial charge on any atom is 0.225 e. The molecular weight excluding hydrogens is 402 g/mol. The number of hydrogen-bond acceptors (Lipinski definition) is 4. The molecule has 0 saturated carbocycles. The van der Waals surface area contributed by atoms with E-state index in [1.165, 1.54) is 0 Å². The van der Waals surface area contributed by atoms with Gasteiger partial charge in [0.15, 0.2) is 0 Å². The van der Waals surface area contributed by atoms with Crippen molar-refractivity contribution in [2.45, 2.75) is 33.2 Å². The van der Waals surface area contributed by atoms with Crippen molar-refractivity contribution in [3.8, 4) is 17.0 Å². The van der Waals surface area contributed by atoms with Gasteiger partial charge in [0.1, 0.15) is 11.6 Å². The summed E-state index contributed by atoms with van der Waals surface area (Å²) in [6, 6.07) is 15.5. The fourth-order valence-electron chi connectivity index (χ4n) is 4.01. The van der Waals surface area contributed by atoms with Crippen LogP contribution in [0.1, 0.15) is 37.0 Å². The minimum absolute atomic E-state index is 0.0602. The van der Waals surface area contributed by atoms with E-state index in [1.54, 1.807) is 7.11 Å². The highest BCUT2D eigenvalue weighted by Gasteiger charge is 2.25. The average Bonchev–Trinajstić information content (AvgIpc) is 3.32. The molecule has 0 fully saturated rings. The third-order valence-electron chi connectivity index (χ3n) is 5.86. The van der Waals surface area contributed by atoms with Crippen LogP contribution >= 0.6 is 0 Å². The Morgan fingerprint density at radius 3 is 2.53 bits per heavy atom. The Balaban J connectivity index is 1.58. The zero-order valence-electron chi connectivity index (χ0n) is 19.1. The first kappa shape index (κ1) is 21.6. The fourth-order valence-corrected chi connectivity index (χ4v) is 4.01. The Morgan fingerprint density at radius 2 is 1.88 bits per heavy atom. The zero-order chi connectivity index (χ0) is 22.8. The van der Waals surface area contributed by atoms with Crippen LogP contribution in [-0.4, -0.2) is 32.8 Å². The number of amides is 1. The second-order valence-electron chi connectivity index (χ2n) is 8.39. The lowest BCUT2D eigenvalue weighted by molar-refractivity contribution is -0.121. The fraction of sp³-hybridized carbons (Fsp3) is 0.320. The summed E-state index contributed by atoms with van der Waals surface area (Å²) in [7, 11) is 3.63. The van der Waals surface area contributed by atoms with Crippen LogP contribution in [0.15, 0.2) is 48.5 Å². The summed E-state index contributed by atoms with van der Waals surface area (Å²) in [4.78, 5) is 18.0. The molecule has 0 aliphatic heterocycles. The van der Waals surface area contributed by atoms with E-state index in [0.717, 1.165) is 45.1 Å². The number of benzene rings is 2. The maximum absolute atomic E-state index is 13.2. The molecule has 2 heterocycles. The molecule has 0 unspecified atom stereocenters. The van der Waals surface area contributed by atoms with E-state index < -0.39 is 0 Å². The predicted molar refractivity (Wildman–Crippen MR) is 125 cm³/mol. The molecule has 32 heavy (non-hydrogen) atoms. The number of hydrogen-bond donors (Lipinski definition) is 2. The number of aromatic nitrogens is 4. The summed E-state index contributed by atoms with van der Waals surface area (Å²) in [5.74, 6) is 1.76. The summed E-state index contributed by atoms with van der Waals surface area (Å²) in [6.07, 6.45) is 0.233. The lowest BCUT2D eigenvalue weighted by Gasteiger charge is -2.22. The minimum Gasteiger partial charge on any atom is -0.497 e. The van der Waals surface area contributed by atoms with Crippen molar-refractivity contribution in [2.24, 2.45) is 13.0 Å². The summed E-state index contributed by atoms with van der Waals surface area (Å²) >= 11 is 0. The summed E-state index contributed by atoms with van der Waals surface area (Å²) < 4.78 is 7.31. The van der Waals surface area contributed by atoms with E-state index >= 15 is 0 Å². The van der Waals surface area contributed by atoms with Crippen molar-refractivity contribution >= 4 is 16.9 Å². The van der Waals surface area contributed by atoms with Crippen molar-refractivity contribution < 1.29 is 9.53 Å². The van der Waals surface area contributed by atoms with Crippen LogP contribution in [0.5, 0.6) is 5.75 Å². The second kappa shape index (κ2) is 8.86. The second-order valence-corrected chi connectivity index (χ2v) is 8.39. The van der Waals surface area contributed by atoms with Gasteiger partial charge in [-0.25, -0.2) is 4.98 Å². The number of para-hydroxylation sites is 2. The van der Waals surface area contributed by atoms with Crippen LogP contribution in [0.4, 0.5) is 0 Å². The standard InChI is InChI=1S/C25H29N5O2/c1-15(2)23(25-26-20-8-6-7-9-21(20)30(25)4)27-22(31)14-19-16(3)28-29-24(19)17-10-12-18(32-5)13-11-17/h6-13,15,23H,14H2,1-5H3,(H,27,31)(H,28,29)/t23-/m1/s1. The molecule has 0 saturated heterocycles. The molecule has 0 aliphatic carbocycles. The Hall–Kier alpha value is -3.61. The van der Waals surface area contributed by atoms with Gasteiger partial charge in [0.25, 0.3) is 0 Å². The third kappa shape index (κ3) is 4.10. The Bertz CT molecular complexity index is 1240. The normalized spacial score (nSPS) is 12.3. The first-order valence-corrected chi connectivity index (χ1v) is 10.8. The lowest BCUT2D eigenvalue weighted by atomic mass is 10.0. The number of fused-ring (bicyclic) bond motifs is 1. The van der Waals surface area contributed by atoms with Gasteiger partial charge >= 0.3 is 0 Å². The van der Waals surface area contributed by atoms with Crippen molar-refractivity contribution in [3.05, 3.63) is 65.6 Å². The molecule has 0 spiro atoms. The van der Waals surface area contributed by atoms with E-state index in [9.17, 15) is 4.79 Å². The number of nitrogens with one attached hydrogen (secondary N) is 2. The van der Waals surface area contributed by atoms with Gasteiger partial charge in [-0.2, -0.15) is 5.10 Å². The highest BCUT2D eigenvalue weighted by molar-refractivity contribution is 5.82. The summed E-state index contributed by atoms with van der Waals surface area (Å²) in [6.45, 7) is 6.13. The molecule has 1 amide bonds. The number of H-pyrrole nitrogens is 1. The molecule has 1 atom stereocenters. The SMILES string of the molecule is COc1ccc(-c2n[nH]c(C)c2CC(=O)N[C@@H](c2nc3ccccc3n2C)C(C)C)cc1. The van der Waals surface area contributed by atoms with Crippen LogP contribution < -0.4 is 10.1 Å². The number of carbonyl (C=O) groups excluding carboxylic acids is 1. The van der Waals surface area contributed by atoms with E-state index in [0.29, 0.717) is 0 Å². The molecule has 2 N–H and O–H groups in total. The molecule has 0 radical (unpaired) electrons. The quantitative estimate of drug-likeness (QED) is 0.456. The molecular formula is C25H29N5O2. The summed E-state index contributed by atoms with van der Waals surface area (Å²) in [5, 5.41) is 10.7. The van der Waals surface area contributed by atoms with Crippen LogP contribution in [0.25, 0.3) is 22.3 Å². The average molecular weight is 432 g/mol. The van der Waals surface area contributed by atoms with Crippen molar-refractivity contribution in [1.29, 1.82) is 0 Å². The lowest BCUT2D eigenvalue weighted by Crippen LogP contribution is -2.34. The minimum atomic E-state index is -0.198. The van der Waals surface area contributed by atoms with Gasteiger partial charge < -0.3 is 14.6 Å². The van der Waals surface area contributed by atoms with Gasteiger partial charge in [0, 0.05) is 23.9 Å². The number of imidazole rings is 1. The highest BCUT2D eigenvalue weighted by Crippen LogP contribution is 2.28. The molecule has 2 aromatic carbocycles. The van der Waals surface area contributed by atoms with Crippen molar-refractivity contribution in [2.75, 3.05) is 7.11 Å². The molecule has 0 aliphatic rings. The van der Waals surface area contributed by atoms with E-state index in [4.69, 9.17) is 9.72 Å². The Labute approximate surface area is 187 Å². The van der Waals surface area contributed by atoms with Crippen molar-refractivity contribution in [3.63, 3.8) is 0 Å². The van der Waals surface area contributed by atoms with Gasteiger partial charge in [-0.3, -0.25) is 9.89 Å². The predicted octanol–water partition coefficient (Wildman–Crippen LogP) is 4.34. The van der Waals surface area contributed by atoms with Gasteiger partial charge in [-0.1, -0.05) is 26.0 Å². The number of nitrogens with zero attached hydrogens (tertiary/aromatic N) is 3. The van der Waals surface area contributed by atoms with Crippen LogP contribution in [0.2, 0.25) is 0 Å². The summed E-state index contributed by atoms with van der Waals surface area (Å²) in [5.41, 5.74) is 5.47. The van der Waals surface area contributed by atoms with E-state index in [2.05, 4.69) is 33.9 Å². The molecule has 2 aromatic heterocycles. The molecule has 7 nitrogen and oxygen atoms in total. The monoisotopic (exact) mass is 431 g/mol. The molecule has 4 aromatic rings. The van der Waals surface area contributed by atoms with Crippen LogP contribution in [0.3, 0.4) is 0 Å². The van der Waals surface area contributed by atoms with Gasteiger partial charge in [-0.05, 0) is 49.2 Å². The molecule has 0 bridgehead atoms. The van der Waals surface area contributed by atoms with Crippen molar-refractivity contribution in [1.82, 2.24) is 25.1 Å². The van der Waals surface area contributed by atoms with Crippen LogP contribution in [-0.2, 0) is 18.3 Å². The number of aryl methyl sites for hydroxylation is 2. The molecule has 166 valence electrons. The van der Waals surface area contributed by atoms with E-state index in [1.807, 2.05) is 62.5 Å². The smallest absolute Gasteiger partial charge is 0.225 e. The van der Waals surface area contributed by atoms with Gasteiger partial charge in [0.2, 0.25) is 5.91 Å². The zero-order valence-corrected chi connectivity index (χ0v) is 19.1. The number of aromatic amines is 1. The van der Waals surface area contributed by atoms with Gasteiger partial charge in [0.05, 0.1) is 36.3 Å². The Morgan fingerprint density at radius 1 is 1.16 bits per heavy atom. The Kier molecular flexibility index (Phi) is 5.99. The highest BCUT2D eigenvalue weighted by atomic mass is 16.5. The van der Waals surface area contributed by atoms with E-state index in [-0.39, 0.29) is 24.3 Å². The first-order valence-electron chi connectivity index (χ1n) is 10.8. The largest absolute Gasteiger partial charge is 0.497 e. The number of ether oxygens (including phenoxy) is 1. The maximum atomic E-state index is 13.2. The van der Waals surface area contributed by atoms with Gasteiger partial charge in [-0.15, -0.1) is 0 Å². The number of rotatable bonds is 7. The molecule has 4 rings (SSSR count). The first-order chi connectivity index (χ1) is 15.4. The molecule has 7 heteroatoms. The number of carbonyl (C=O) groups is 1. The number of methoxy groups -OCH3 is 1. The topological polar surface area (TPSA) is 84.8 Å².